The molecule has 0 heterocycles. The van der Waals surface area contributed by atoms with Crippen molar-refractivity contribution in [3.8, 4) is 0 Å². The minimum atomic E-state index is -1.23. The van der Waals surface area contributed by atoms with E-state index >= 15 is 0 Å². The highest BCUT2D eigenvalue weighted by molar-refractivity contribution is 5.70. The van der Waals surface area contributed by atoms with Crippen LogP contribution in [0.5, 0.6) is 0 Å². The summed E-state index contributed by atoms with van der Waals surface area (Å²) in [6.45, 7) is 1.75. The zero-order valence-corrected chi connectivity index (χ0v) is 9.54. The molecule has 17 heavy (non-hydrogen) atoms. The van der Waals surface area contributed by atoms with Crippen molar-refractivity contribution in [3.63, 3.8) is 0 Å². The Hall–Kier alpha value is -1.95. The number of carbonyl (C=O) groups is 1. The van der Waals surface area contributed by atoms with Crippen LogP contribution in [-0.2, 0) is 9.53 Å². The number of aryl methyl sites for hydroxylation is 1. The number of methoxy groups -OCH3 is 1. The zero-order valence-electron chi connectivity index (χ0n) is 9.54. The SMILES string of the molecule is COC(=O)C[C@H](O)c1cc(C)ccc1[N+](=O)[O-]. The number of rotatable bonds is 4. The molecule has 0 radical (unpaired) electrons. The molecular formula is C11H13NO5. The van der Waals surface area contributed by atoms with Crippen LogP contribution in [0.15, 0.2) is 18.2 Å². The van der Waals surface area contributed by atoms with Crippen molar-refractivity contribution >= 4 is 11.7 Å². The Kier molecular flexibility index (Phi) is 4.17. The molecule has 0 saturated carbocycles. The number of hydrogen-bond acceptors (Lipinski definition) is 5. The van der Waals surface area contributed by atoms with Crippen molar-refractivity contribution in [2.24, 2.45) is 0 Å². The fourth-order valence-corrected chi connectivity index (χ4v) is 1.46. The molecule has 1 aromatic rings. The van der Waals surface area contributed by atoms with Gasteiger partial charge >= 0.3 is 5.97 Å². The van der Waals surface area contributed by atoms with Crippen molar-refractivity contribution in [1.82, 2.24) is 0 Å². The third-order valence-corrected chi connectivity index (χ3v) is 2.33. The van der Waals surface area contributed by atoms with Crippen LogP contribution in [-0.4, -0.2) is 23.1 Å². The molecule has 6 heteroatoms. The van der Waals surface area contributed by atoms with E-state index in [2.05, 4.69) is 4.74 Å². The van der Waals surface area contributed by atoms with E-state index in [4.69, 9.17) is 0 Å². The second-order valence-corrected chi connectivity index (χ2v) is 3.62. The molecule has 0 aliphatic carbocycles. The molecule has 0 aliphatic heterocycles. The Balaban J connectivity index is 3.06. The zero-order chi connectivity index (χ0) is 13.0. The molecule has 0 fully saturated rings. The molecular weight excluding hydrogens is 226 g/mol. The van der Waals surface area contributed by atoms with Crippen molar-refractivity contribution < 1.29 is 19.6 Å². The van der Waals surface area contributed by atoms with E-state index in [0.717, 1.165) is 5.56 Å². The predicted molar refractivity (Wildman–Crippen MR) is 59.4 cm³/mol. The Bertz CT molecular complexity index is 443. The van der Waals surface area contributed by atoms with E-state index in [-0.39, 0.29) is 17.7 Å². The second kappa shape index (κ2) is 5.40. The first-order valence-corrected chi connectivity index (χ1v) is 4.95. The standard InChI is InChI=1S/C11H13NO5/c1-7-3-4-9(12(15)16)8(5-7)10(13)6-11(14)17-2/h3-5,10,13H,6H2,1-2H3/t10-/m0/s1. The second-order valence-electron chi connectivity index (χ2n) is 3.62. The molecule has 92 valence electrons. The first-order valence-electron chi connectivity index (χ1n) is 4.95. The molecule has 1 N–H and O–H groups in total. The lowest BCUT2D eigenvalue weighted by atomic mass is 10.0. The lowest BCUT2D eigenvalue weighted by Gasteiger charge is -2.10. The largest absolute Gasteiger partial charge is 0.469 e. The molecule has 0 unspecified atom stereocenters. The summed E-state index contributed by atoms with van der Waals surface area (Å²) in [7, 11) is 1.19. The highest BCUT2D eigenvalue weighted by Gasteiger charge is 2.22. The number of benzene rings is 1. The van der Waals surface area contributed by atoms with Gasteiger partial charge in [-0.25, -0.2) is 0 Å². The highest BCUT2D eigenvalue weighted by atomic mass is 16.6. The number of hydrogen-bond donors (Lipinski definition) is 1. The number of carbonyl (C=O) groups excluding carboxylic acids is 1. The highest BCUT2D eigenvalue weighted by Crippen LogP contribution is 2.28. The summed E-state index contributed by atoms with van der Waals surface area (Å²) in [6, 6.07) is 4.38. The molecule has 1 rings (SSSR count). The monoisotopic (exact) mass is 239 g/mol. The van der Waals surface area contributed by atoms with Gasteiger partial charge in [0.25, 0.3) is 5.69 Å². The summed E-state index contributed by atoms with van der Waals surface area (Å²) in [5, 5.41) is 20.5. The molecule has 0 spiro atoms. The van der Waals surface area contributed by atoms with Gasteiger partial charge in [0.05, 0.1) is 30.1 Å². The van der Waals surface area contributed by atoms with Crippen LogP contribution >= 0.6 is 0 Å². The minimum Gasteiger partial charge on any atom is -0.469 e. The number of aliphatic hydroxyl groups excluding tert-OH is 1. The van der Waals surface area contributed by atoms with Crippen molar-refractivity contribution in [2.75, 3.05) is 7.11 Å². The summed E-state index contributed by atoms with van der Waals surface area (Å²) in [5.74, 6) is -0.617. The number of nitro benzene ring substituents is 1. The quantitative estimate of drug-likeness (QED) is 0.488. The lowest BCUT2D eigenvalue weighted by molar-refractivity contribution is -0.386. The van der Waals surface area contributed by atoms with E-state index in [9.17, 15) is 20.0 Å². The number of nitro groups is 1. The van der Waals surface area contributed by atoms with Gasteiger partial charge in [-0.1, -0.05) is 11.6 Å². The van der Waals surface area contributed by atoms with E-state index < -0.39 is 17.0 Å². The van der Waals surface area contributed by atoms with Crippen LogP contribution in [0, 0.1) is 17.0 Å². The van der Waals surface area contributed by atoms with Crippen molar-refractivity contribution in [2.45, 2.75) is 19.4 Å². The van der Waals surface area contributed by atoms with Gasteiger partial charge in [0.1, 0.15) is 0 Å². The maximum absolute atomic E-state index is 11.0. The normalized spacial score (nSPS) is 11.9. The molecule has 0 amide bonds. The average Bonchev–Trinajstić information content (AvgIpc) is 2.28. The summed E-state index contributed by atoms with van der Waals surface area (Å²) < 4.78 is 4.40. The molecule has 6 nitrogen and oxygen atoms in total. The number of esters is 1. The molecule has 1 atom stereocenters. The Morgan fingerprint density at radius 2 is 2.24 bits per heavy atom. The van der Waals surface area contributed by atoms with Gasteiger partial charge in [0, 0.05) is 6.07 Å². The average molecular weight is 239 g/mol. The van der Waals surface area contributed by atoms with Gasteiger partial charge in [0.15, 0.2) is 0 Å². The van der Waals surface area contributed by atoms with Crippen LogP contribution in [0.2, 0.25) is 0 Å². The van der Waals surface area contributed by atoms with E-state index in [0.29, 0.717) is 0 Å². The van der Waals surface area contributed by atoms with E-state index in [1.807, 2.05) is 0 Å². The van der Waals surface area contributed by atoms with Crippen molar-refractivity contribution in [3.05, 3.63) is 39.4 Å². The maximum Gasteiger partial charge on any atom is 0.308 e. The maximum atomic E-state index is 11.0. The van der Waals surface area contributed by atoms with Crippen LogP contribution in [0.1, 0.15) is 23.7 Å². The van der Waals surface area contributed by atoms with Gasteiger partial charge in [-0.2, -0.15) is 0 Å². The van der Waals surface area contributed by atoms with Gasteiger partial charge in [-0.3, -0.25) is 14.9 Å². The molecule has 0 aliphatic rings. The molecule has 0 bridgehead atoms. The third-order valence-electron chi connectivity index (χ3n) is 2.33. The number of nitrogens with zero attached hydrogens (tertiary/aromatic N) is 1. The Morgan fingerprint density at radius 3 is 2.76 bits per heavy atom. The van der Waals surface area contributed by atoms with Crippen LogP contribution in [0.3, 0.4) is 0 Å². The Labute approximate surface area is 98.0 Å². The minimum absolute atomic E-state index is 0.125. The smallest absolute Gasteiger partial charge is 0.308 e. The first-order chi connectivity index (χ1) is 7.95. The summed E-state index contributed by atoms with van der Waals surface area (Å²) in [6.07, 6.45) is -1.54. The fourth-order valence-electron chi connectivity index (χ4n) is 1.46. The molecule has 1 aromatic carbocycles. The van der Waals surface area contributed by atoms with Crippen LogP contribution in [0.25, 0.3) is 0 Å². The topological polar surface area (TPSA) is 89.7 Å². The molecule has 0 aromatic heterocycles. The number of ether oxygens (including phenoxy) is 1. The summed E-state index contributed by atoms with van der Waals surface area (Å²) in [4.78, 5) is 21.2. The summed E-state index contributed by atoms with van der Waals surface area (Å²) >= 11 is 0. The summed E-state index contributed by atoms with van der Waals surface area (Å²) in [5.41, 5.74) is 0.696. The predicted octanol–water partition coefficient (Wildman–Crippen LogP) is 1.50. The lowest BCUT2D eigenvalue weighted by Crippen LogP contribution is -2.10. The fraction of sp³-hybridized carbons (Fsp3) is 0.364. The first kappa shape index (κ1) is 13.1. The van der Waals surface area contributed by atoms with Gasteiger partial charge < -0.3 is 9.84 Å². The van der Waals surface area contributed by atoms with Gasteiger partial charge in [0.2, 0.25) is 0 Å². The number of aliphatic hydroxyl groups is 1. The van der Waals surface area contributed by atoms with Gasteiger partial charge in [-0.05, 0) is 13.0 Å². The van der Waals surface area contributed by atoms with E-state index in [1.165, 1.54) is 19.2 Å². The van der Waals surface area contributed by atoms with Crippen LogP contribution in [0.4, 0.5) is 5.69 Å². The van der Waals surface area contributed by atoms with E-state index in [1.54, 1.807) is 13.0 Å². The molecule has 0 saturated heterocycles. The van der Waals surface area contributed by atoms with Crippen LogP contribution < -0.4 is 0 Å². The van der Waals surface area contributed by atoms with Crippen molar-refractivity contribution in [1.29, 1.82) is 0 Å². The Morgan fingerprint density at radius 1 is 1.59 bits per heavy atom. The third kappa shape index (κ3) is 3.25. The van der Waals surface area contributed by atoms with Gasteiger partial charge in [-0.15, -0.1) is 0 Å².